The van der Waals surface area contributed by atoms with Crippen LogP contribution in [0, 0.1) is 0 Å². The van der Waals surface area contributed by atoms with E-state index in [2.05, 4.69) is 10.5 Å². The predicted octanol–water partition coefficient (Wildman–Crippen LogP) is 3.85. The zero-order chi connectivity index (χ0) is 22.9. The van der Waals surface area contributed by atoms with Gasteiger partial charge in [0.1, 0.15) is 12.1 Å². The number of benzene rings is 2. The average Bonchev–Trinajstić information content (AvgIpc) is 2.75. The molecule has 0 spiro atoms. The summed E-state index contributed by atoms with van der Waals surface area (Å²) in [6, 6.07) is 11.0. The Morgan fingerprint density at radius 1 is 1.10 bits per heavy atom. The summed E-state index contributed by atoms with van der Waals surface area (Å²) < 4.78 is 47.8. The van der Waals surface area contributed by atoms with Crippen molar-refractivity contribution in [2.24, 2.45) is 5.16 Å². The van der Waals surface area contributed by atoms with Gasteiger partial charge in [-0.05, 0) is 18.2 Å². The Bertz CT molecular complexity index is 987. The lowest BCUT2D eigenvalue weighted by Crippen LogP contribution is -2.15. The van der Waals surface area contributed by atoms with Crippen LogP contribution in [0.4, 0.5) is 18.9 Å². The molecule has 0 saturated carbocycles. The highest BCUT2D eigenvalue weighted by atomic mass is 19.4. The number of esters is 1. The summed E-state index contributed by atoms with van der Waals surface area (Å²) in [4.78, 5) is 28.5. The Hall–Kier alpha value is -3.82. The lowest BCUT2D eigenvalue weighted by atomic mass is 10.0. The lowest BCUT2D eigenvalue weighted by Gasteiger charge is -2.09. The molecule has 0 aliphatic heterocycles. The van der Waals surface area contributed by atoms with Gasteiger partial charge in [0.25, 0.3) is 0 Å². The lowest BCUT2D eigenvalue weighted by molar-refractivity contribution is -0.141. The summed E-state index contributed by atoms with van der Waals surface area (Å²) in [5, 5.41) is 6.12. The van der Waals surface area contributed by atoms with Crippen molar-refractivity contribution in [2.75, 3.05) is 26.1 Å². The van der Waals surface area contributed by atoms with Gasteiger partial charge in [-0.1, -0.05) is 35.5 Å². The largest absolute Gasteiger partial charge is 0.503 e. The molecule has 10 heteroatoms. The first kappa shape index (κ1) is 23.5. The van der Waals surface area contributed by atoms with Crippen LogP contribution in [0.3, 0.4) is 0 Å². The van der Waals surface area contributed by atoms with E-state index in [1.807, 2.05) is 0 Å². The number of alkyl halides is 3. The number of carbonyl (C=O) groups excluding carboxylic acids is 2. The highest BCUT2D eigenvalue weighted by Crippen LogP contribution is 2.30. The first-order valence-electron chi connectivity index (χ1n) is 8.81. The van der Waals surface area contributed by atoms with Gasteiger partial charge in [0.05, 0.1) is 32.3 Å². The average molecular weight is 436 g/mol. The van der Waals surface area contributed by atoms with Gasteiger partial charge in [0, 0.05) is 16.8 Å². The number of methoxy groups -OCH3 is 2. The molecule has 0 heterocycles. The fraction of sp³-hybridized carbons (Fsp3) is 0.190. The van der Waals surface area contributed by atoms with Gasteiger partial charge in [-0.25, -0.2) is 9.59 Å². The molecule has 7 nitrogen and oxygen atoms in total. The minimum atomic E-state index is -4.49. The monoisotopic (exact) mass is 436 g/mol. The van der Waals surface area contributed by atoms with Crippen LogP contribution in [0.2, 0.25) is 0 Å². The van der Waals surface area contributed by atoms with Crippen molar-refractivity contribution in [1.29, 1.82) is 0 Å². The number of halogens is 3. The summed E-state index contributed by atoms with van der Waals surface area (Å²) in [6.07, 6.45) is -2.07. The molecule has 0 saturated heterocycles. The minimum absolute atomic E-state index is 0.105. The second-order valence-corrected chi connectivity index (χ2v) is 5.98. The zero-order valence-corrected chi connectivity index (χ0v) is 16.6. The molecule has 164 valence electrons. The Kier molecular flexibility index (Phi) is 8.18. The van der Waals surface area contributed by atoms with Crippen molar-refractivity contribution in [3.63, 3.8) is 0 Å². The second-order valence-electron chi connectivity index (χ2n) is 5.98. The highest BCUT2D eigenvalue weighted by molar-refractivity contribution is 6.18. The van der Waals surface area contributed by atoms with E-state index in [9.17, 15) is 22.8 Å². The number of nitrogens with zero attached hydrogens (tertiary/aromatic N) is 1. The van der Waals surface area contributed by atoms with Crippen molar-refractivity contribution < 1.29 is 37.1 Å². The van der Waals surface area contributed by atoms with Gasteiger partial charge in [0.15, 0.2) is 0 Å². The SMILES string of the molecule is COC=C(C(=O)OC)c1ccccc1C=NOC(=O)CNc1cccc(C(F)(F)F)c1. The summed E-state index contributed by atoms with van der Waals surface area (Å²) in [5.41, 5.74) is 0.261. The molecule has 0 aliphatic rings. The van der Waals surface area contributed by atoms with Crippen molar-refractivity contribution >= 4 is 29.4 Å². The van der Waals surface area contributed by atoms with Crippen LogP contribution in [0.5, 0.6) is 0 Å². The highest BCUT2D eigenvalue weighted by Gasteiger charge is 2.30. The summed E-state index contributed by atoms with van der Waals surface area (Å²) in [6.45, 7) is -0.405. The molecule has 0 amide bonds. The van der Waals surface area contributed by atoms with E-state index in [4.69, 9.17) is 14.3 Å². The number of hydrogen-bond acceptors (Lipinski definition) is 7. The van der Waals surface area contributed by atoms with Crippen LogP contribution in [-0.2, 0) is 30.1 Å². The third-order valence-electron chi connectivity index (χ3n) is 3.87. The molecule has 0 aliphatic carbocycles. The smallest absolute Gasteiger partial charge is 0.416 e. The van der Waals surface area contributed by atoms with Crippen molar-refractivity contribution in [3.05, 3.63) is 71.5 Å². The molecule has 2 aromatic rings. The molecular formula is C21H19F3N2O5. The van der Waals surface area contributed by atoms with Gasteiger partial charge < -0.3 is 19.6 Å². The Labute approximate surface area is 176 Å². The van der Waals surface area contributed by atoms with Crippen molar-refractivity contribution in [1.82, 2.24) is 0 Å². The van der Waals surface area contributed by atoms with E-state index in [-0.39, 0.29) is 11.3 Å². The van der Waals surface area contributed by atoms with E-state index < -0.39 is 30.2 Å². The van der Waals surface area contributed by atoms with Gasteiger partial charge in [0.2, 0.25) is 0 Å². The molecular weight excluding hydrogens is 417 g/mol. The third kappa shape index (κ3) is 6.88. The molecule has 1 N–H and O–H groups in total. The van der Waals surface area contributed by atoms with Crippen LogP contribution >= 0.6 is 0 Å². The Morgan fingerprint density at radius 2 is 1.84 bits per heavy atom. The molecule has 0 aromatic heterocycles. The Balaban J connectivity index is 2.03. The molecule has 0 unspecified atom stereocenters. The van der Waals surface area contributed by atoms with Crippen LogP contribution in [0.1, 0.15) is 16.7 Å². The van der Waals surface area contributed by atoms with E-state index in [1.165, 1.54) is 38.8 Å². The van der Waals surface area contributed by atoms with Gasteiger partial charge in [-0.15, -0.1) is 0 Å². The quantitative estimate of drug-likeness (QED) is 0.169. The summed E-state index contributed by atoms with van der Waals surface area (Å²) in [5.74, 6) is -1.46. The summed E-state index contributed by atoms with van der Waals surface area (Å²) >= 11 is 0. The Morgan fingerprint density at radius 3 is 2.52 bits per heavy atom. The normalized spacial score (nSPS) is 11.8. The first-order valence-corrected chi connectivity index (χ1v) is 8.81. The third-order valence-corrected chi connectivity index (χ3v) is 3.87. The van der Waals surface area contributed by atoms with Crippen LogP contribution in [0.25, 0.3) is 5.57 Å². The number of oxime groups is 1. The standard InChI is InChI=1S/C21H19F3N2O5/c1-29-13-18(20(28)30-2)17-9-4-3-6-14(17)11-26-31-19(27)12-25-16-8-5-7-15(10-16)21(22,23)24/h3-11,13,25H,12H2,1-2H3. The molecule has 0 bridgehead atoms. The maximum absolute atomic E-state index is 12.7. The fourth-order valence-electron chi connectivity index (χ4n) is 2.46. The van der Waals surface area contributed by atoms with Crippen LogP contribution in [0.15, 0.2) is 59.9 Å². The van der Waals surface area contributed by atoms with Crippen molar-refractivity contribution in [3.8, 4) is 0 Å². The van der Waals surface area contributed by atoms with E-state index >= 15 is 0 Å². The summed E-state index contributed by atoms with van der Waals surface area (Å²) in [7, 11) is 2.60. The van der Waals surface area contributed by atoms with Gasteiger partial charge in [-0.3, -0.25) is 0 Å². The van der Waals surface area contributed by atoms with Crippen molar-refractivity contribution in [2.45, 2.75) is 6.18 Å². The molecule has 2 aromatic carbocycles. The fourth-order valence-corrected chi connectivity index (χ4v) is 2.46. The second kappa shape index (κ2) is 10.8. The number of anilines is 1. The number of ether oxygens (including phenoxy) is 2. The maximum Gasteiger partial charge on any atom is 0.416 e. The number of rotatable bonds is 8. The predicted molar refractivity (Wildman–Crippen MR) is 107 cm³/mol. The van der Waals surface area contributed by atoms with Gasteiger partial charge in [-0.2, -0.15) is 13.2 Å². The topological polar surface area (TPSA) is 86.2 Å². The van der Waals surface area contributed by atoms with E-state index in [0.717, 1.165) is 12.1 Å². The van der Waals surface area contributed by atoms with E-state index in [0.29, 0.717) is 11.1 Å². The number of nitrogens with one attached hydrogen (secondary N) is 1. The zero-order valence-electron chi connectivity index (χ0n) is 16.6. The minimum Gasteiger partial charge on any atom is -0.503 e. The first-order chi connectivity index (χ1) is 14.8. The molecule has 0 fully saturated rings. The molecule has 31 heavy (non-hydrogen) atoms. The van der Waals surface area contributed by atoms with E-state index in [1.54, 1.807) is 24.3 Å². The molecule has 2 rings (SSSR count). The number of hydrogen-bond donors (Lipinski definition) is 1. The molecule has 0 atom stereocenters. The van der Waals surface area contributed by atoms with Crippen LogP contribution in [-0.4, -0.2) is 38.9 Å². The number of carbonyl (C=O) groups is 2. The van der Waals surface area contributed by atoms with Crippen LogP contribution < -0.4 is 5.32 Å². The molecule has 0 radical (unpaired) electrons. The van der Waals surface area contributed by atoms with Gasteiger partial charge >= 0.3 is 18.1 Å². The maximum atomic E-state index is 12.7.